The molecule has 1 N–H and O–H groups in total. The quantitative estimate of drug-likeness (QED) is 0.514. The van der Waals surface area contributed by atoms with E-state index in [4.69, 9.17) is 0 Å². The second-order valence-electron chi connectivity index (χ2n) is 10.0. The molecule has 0 spiro atoms. The van der Waals surface area contributed by atoms with E-state index in [9.17, 15) is 22.4 Å². The van der Waals surface area contributed by atoms with Gasteiger partial charge in [0.15, 0.2) is 17.6 Å². The van der Waals surface area contributed by atoms with Crippen LogP contribution in [0.25, 0.3) is 11.1 Å². The van der Waals surface area contributed by atoms with Crippen LogP contribution in [0.5, 0.6) is 0 Å². The molecule has 5 rings (SSSR count). The first kappa shape index (κ1) is 23.4. The van der Waals surface area contributed by atoms with E-state index in [1.54, 1.807) is 31.2 Å². The number of nitrogens with one attached hydrogen (secondary N) is 1. The first-order valence-electron chi connectivity index (χ1n) is 11.4. The highest BCUT2D eigenvalue weighted by Gasteiger charge is 2.57. The van der Waals surface area contributed by atoms with E-state index in [-0.39, 0.29) is 35.2 Å². The summed E-state index contributed by atoms with van der Waals surface area (Å²) in [4.78, 5) is 17.4. The van der Waals surface area contributed by atoms with Gasteiger partial charge in [-0.3, -0.25) is 9.78 Å². The SMILES string of the molecule is CC[C@@]1(c2cccc(-c3ccncc3F)c2)C2=C(CC(C)(C)CC2=O)NC2N=NC(C(F)(F)F)=C21. The number of fused-ring (bicyclic) bond motifs is 1. The van der Waals surface area contributed by atoms with E-state index in [1.807, 2.05) is 13.8 Å². The average molecular weight is 484 g/mol. The Bertz CT molecular complexity index is 1320. The van der Waals surface area contributed by atoms with E-state index in [0.29, 0.717) is 28.8 Å². The van der Waals surface area contributed by atoms with E-state index in [1.165, 1.54) is 12.3 Å². The first-order chi connectivity index (χ1) is 16.5. The van der Waals surface area contributed by atoms with Gasteiger partial charge in [-0.15, -0.1) is 5.11 Å². The molecule has 2 aliphatic heterocycles. The number of Topliss-reactive ketones (excluding diaryl/α,β-unsaturated/α-hetero) is 1. The van der Waals surface area contributed by atoms with E-state index < -0.39 is 29.3 Å². The molecule has 0 saturated carbocycles. The number of rotatable bonds is 3. The van der Waals surface area contributed by atoms with Gasteiger partial charge in [-0.2, -0.15) is 18.3 Å². The minimum atomic E-state index is -4.75. The number of halogens is 4. The summed E-state index contributed by atoms with van der Waals surface area (Å²) in [7, 11) is 0. The van der Waals surface area contributed by atoms with Gasteiger partial charge >= 0.3 is 6.18 Å². The van der Waals surface area contributed by atoms with Crippen molar-refractivity contribution in [3.8, 4) is 11.1 Å². The fourth-order valence-corrected chi connectivity index (χ4v) is 5.77. The van der Waals surface area contributed by atoms with Crippen LogP contribution in [0.1, 0.15) is 45.6 Å². The Morgan fingerprint density at radius 3 is 2.63 bits per heavy atom. The van der Waals surface area contributed by atoms with Gasteiger partial charge in [0.2, 0.25) is 0 Å². The van der Waals surface area contributed by atoms with Crippen molar-refractivity contribution in [2.24, 2.45) is 15.6 Å². The number of hydrogen-bond acceptors (Lipinski definition) is 5. The highest BCUT2D eigenvalue weighted by molar-refractivity contribution is 6.01. The standard InChI is InChI=1S/C26H24F4N4O/c1-4-25(15-7-5-6-14(10-15)16-8-9-31-13-17(16)27)20-18(11-24(2,3)12-19(20)35)32-23-21(25)22(33-34-23)26(28,29)30/h5-10,13,23,32H,4,11-12H2,1-3H3/t23?,25-/m1/s1. The molecule has 9 heteroatoms. The summed E-state index contributed by atoms with van der Waals surface area (Å²) in [6.45, 7) is 5.68. The normalized spacial score (nSPS) is 25.5. The van der Waals surface area contributed by atoms with Gasteiger partial charge in [0.25, 0.3) is 0 Å². The number of hydrogen-bond donors (Lipinski definition) is 1. The molecule has 2 aromatic rings. The van der Waals surface area contributed by atoms with Gasteiger partial charge in [-0.25, -0.2) is 4.39 Å². The third-order valence-electron chi connectivity index (χ3n) is 7.11. The van der Waals surface area contributed by atoms with Crippen LogP contribution in [-0.2, 0) is 10.2 Å². The molecule has 0 amide bonds. The fraction of sp³-hybridized carbons (Fsp3) is 0.385. The Hall–Kier alpha value is -3.36. The number of benzene rings is 1. The molecule has 2 atom stereocenters. The fourth-order valence-electron chi connectivity index (χ4n) is 5.77. The van der Waals surface area contributed by atoms with Gasteiger partial charge in [0, 0.05) is 35.0 Å². The van der Waals surface area contributed by atoms with Crippen molar-refractivity contribution >= 4 is 5.78 Å². The number of alkyl halides is 3. The topological polar surface area (TPSA) is 66.7 Å². The molecule has 1 aromatic carbocycles. The number of aromatic nitrogens is 1. The van der Waals surface area contributed by atoms with Crippen LogP contribution in [0.15, 0.2) is 75.5 Å². The van der Waals surface area contributed by atoms with E-state index >= 15 is 0 Å². The molecule has 3 heterocycles. The smallest absolute Gasteiger partial charge is 0.362 e. The molecule has 0 radical (unpaired) electrons. The Morgan fingerprint density at radius 2 is 1.94 bits per heavy atom. The third kappa shape index (κ3) is 3.59. The monoisotopic (exact) mass is 484 g/mol. The first-order valence-corrected chi connectivity index (χ1v) is 11.4. The number of nitrogens with zero attached hydrogens (tertiary/aromatic N) is 3. The molecule has 3 aliphatic rings. The average Bonchev–Trinajstić information content (AvgIpc) is 3.22. The highest BCUT2D eigenvalue weighted by atomic mass is 19.4. The number of azo groups is 1. The minimum absolute atomic E-state index is 0.0772. The van der Waals surface area contributed by atoms with Crippen LogP contribution >= 0.6 is 0 Å². The lowest BCUT2D eigenvalue weighted by Gasteiger charge is -2.48. The number of pyridine rings is 1. The van der Waals surface area contributed by atoms with Crippen LogP contribution in [0.2, 0.25) is 0 Å². The number of carbonyl (C=O) groups excluding carboxylic acids is 1. The van der Waals surface area contributed by atoms with Crippen LogP contribution in [0.3, 0.4) is 0 Å². The molecular weight excluding hydrogens is 460 g/mol. The molecule has 35 heavy (non-hydrogen) atoms. The molecule has 5 nitrogen and oxygen atoms in total. The molecule has 1 aromatic heterocycles. The van der Waals surface area contributed by atoms with Gasteiger partial charge in [-0.1, -0.05) is 39.0 Å². The van der Waals surface area contributed by atoms with Crippen molar-refractivity contribution in [2.75, 3.05) is 0 Å². The maximum atomic E-state index is 14.6. The summed E-state index contributed by atoms with van der Waals surface area (Å²) < 4.78 is 57.1. The Morgan fingerprint density at radius 1 is 1.17 bits per heavy atom. The Balaban J connectivity index is 1.83. The maximum Gasteiger partial charge on any atom is 0.435 e. The Kier molecular flexibility index (Phi) is 5.23. The van der Waals surface area contributed by atoms with Crippen LogP contribution in [0.4, 0.5) is 17.6 Å². The van der Waals surface area contributed by atoms with Crippen LogP contribution in [0, 0.1) is 11.2 Å². The number of carbonyl (C=O) groups is 1. The van der Waals surface area contributed by atoms with Gasteiger partial charge in [-0.05, 0) is 41.5 Å². The van der Waals surface area contributed by atoms with E-state index in [0.717, 1.165) is 6.20 Å². The van der Waals surface area contributed by atoms with Gasteiger partial charge in [0.05, 0.1) is 11.6 Å². The molecule has 182 valence electrons. The maximum absolute atomic E-state index is 14.6. The summed E-state index contributed by atoms with van der Waals surface area (Å²) in [5.74, 6) is -0.750. The molecule has 1 unspecified atom stereocenters. The van der Waals surface area contributed by atoms with Crippen molar-refractivity contribution < 1.29 is 22.4 Å². The number of ketones is 1. The molecule has 0 fully saturated rings. The lowest BCUT2D eigenvalue weighted by atomic mass is 9.58. The van der Waals surface area contributed by atoms with E-state index in [2.05, 4.69) is 20.5 Å². The second kappa shape index (κ2) is 7.83. The summed E-state index contributed by atoms with van der Waals surface area (Å²) in [5.41, 5.74) is -0.762. The molecule has 0 bridgehead atoms. The zero-order chi connectivity index (χ0) is 25.2. The van der Waals surface area contributed by atoms with Crippen molar-refractivity contribution in [2.45, 2.75) is 57.8 Å². The second-order valence-corrected chi connectivity index (χ2v) is 10.0. The summed E-state index contributed by atoms with van der Waals surface area (Å²) in [6, 6.07) is 8.24. The molecule has 0 saturated heterocycles. The molecular formula is C26H24F4N4O. The largest absolute Gasteiger partial charge is 0.435 e. The predicted octanol–water partition coefficient (Wildman–Crippen LogP) is 6.39. The van der Waals surface area contributed by atoms with Gasteiger partial charge < -0.3 is 5.32 Å². The number of allylic oxidation sites excluding steroid dienone is 3. The van der Waals surface area contributed by atoms with Crippen molar-refractivity contribution in [1.29, 1.82) is 0 Å². The van der Waals surface area contributed by atoms with Crippen molar-refractivity contribution in [3.63, 3.8) is 0 Å². The van der Waals surface area contributed by atoms with Crippen molar-refractivity contribution in [3.05, 3.63) is 76.6 Å². The van der Waals surface area contributed by atoms with Crippen LogP contribution < -0.4 is 5.32 Å². The lowest BCUT2D eigenvalue weighted by Crippen LogP contribution is -2.52. The predicted molar refractivity (Wildman–Crippen MR) is 122 cm³/mol. The van der Waals surface area contributed by atoms with Crippen LogP contribution in [-0.4, -0.2) is 23.1 Å². The van der Waals surface area contributed by atoms with Gasteiger partial charge in [0.1, 0.15) is 5.82 Å². The Labute approximate surface area is 200 Å². The third-order valence-corrected chi connectivity index (χ3v) is 7.11. The summed E-state index contributed by atoms with van der Waals surface area (Å²) in [5, 5.41) is 10.6. The summed E-state index contributed by atoms with van der Waals surface area (Å²) in [6.07, 6.45) is -2.36. The zero-order valence-electron chi connectivity index (χ0n) is 19.5. The highest BCUT2D eigenvalue weighted by Crippen LogP contribution is 2.56. The lowest BCUT2D eigenvalue weighted by molar-refractivity contribution is -0.119. The minimum Gasteiger partial charge on any atom is -0.362 e. The van der Waals surface area contributed by atoms with Crippen molar-refractivity contribution in [1.82, 2.24) is 10.3 Å². The summed E-state index contributed by atoms with van der Waals surface area (Å²) >= 11 is 0. The molecule has 1 aliphatic carbocycles. The zero-order valence-corrected chi connectivity index (χ0v) is 19.5.